The molecular weight excluding hydrogens is 300 g/mol. The van der Waals surface area contributed by atoms with Gasteiger partial charge < -0.3 is 15.8 Å². The summed E-state index contributed by atoms with van der Waals surface area (Å²) in [7, 11) is 0. The van der Waals surface area contributed by atoms with E-state index in [1.54, 1.807) is 6.92 Å². The van der Waals surface area contributed by atoms with Gasteiger partial charge in [-0.1, -0.05) is 39.3 Å². The molecule has 1 amide bonds. The van der Waals surface area contributed by atoms with Gasteiger partial charge in [-0.3, -0.25) is 4.79 Å². The molecule has 1 aromatic carbocycles. The third kappa shape index (κ3) is 6.67. The molecule has 0 spiro atoms. The van der Waals surface area contributed by atoms with E-state index in [0.29, 0.717) is 25.5 Å². The summed E-state index contributed by atoms with van der Waals surface area (Å²) in [6.07, 6.45) is 1.56. The maximum atomic E-state index is 11.9. The second-order valence-electron chi connectivity index (χ2n) is 6.00. The molecule has 0 bridgehead atoms. The highest BCUT2D eigenvalue weighted by atomic mass is 35.5. The molecule has 22 heavy (non-hydrogen) atoms. The van der Waals surface area contributed by atoms with Crippen LogP contribution in [0.15, 0.2) is 24.3 Å². The molecule has 1 aromatic rings. The Morgan fingerprint density at radius 2 is 1.91 bits per heavy atom. The number of rotatable bonds is 8. The number of carbonyl (C=O) groups excluding carboxylic acids is 1. The first-order valence-electron chi connectivity index (χ1n) is 7.66. The van der Waals surface area contributed by atoms with Crippen LogP contribution in [0.1, 0.15) is 52.0 Å². The van der Waals surface area contributed by atoms with Crippen molar-refractivity contribution in [1.29, 1.82) is 0 Å². The van der Waals surface area contributed by atoms with E-state index in [1.165, 1.54) is 5.56 Å². The fraction of sp³-hybridized carbons (Fsp3) is 0.588. The lowest BCUT2D eigenvalue weighted by atomic mass is 9.97. The molecule has 126 valence electrons. The molecule has 4 nitrogen and oxygen atoms in total. The fourth-order valence-corrected chi connectivity index (χ4v) is 2.12. The SMILES string of the molecule is CCCC(C)(N)C(=O)NCCOc1ccc(C(C)C)cc1.Cl. The predicted octanol–water partition coefficient (Wildman–Crippen LogP) is 3.24. The molecular formula is C17H29ClN2O2. The first-order valence-corrected chi connectivity index (χ1v) is 7.66. The van der Waals surface area contributed by atoms with E-state index < -0.39 is 5.54 Å². The molecule has 0 aliphatic heterocycles. The summed E-state index contributed by atoms with van der Waals surface area (Å²) in [6, 6.07) is 8.05. The number of amides is 1. The van der Waals surface area contributed by atoms with Crippen molar-refractivity contribution < 1.29 is 9.53 Å². The lowest BCUT2D eigenvalue weighted by molar-refractivity contribution is -0.126. The molecule has 0 aromatic heterocycles. The predicted molar refractivity (Wildman–Crippen MR) is 93.8 cm³/mol. The molecule has 1 atom stereocenters. The van der Waals surface area contributed by atoms with Crippen molar-refractivity contribution in [3.05, 3.63) is 29.8 Å². The number of nitrogens with two attached hydrogens (primary N) is 1. The van der Waals surface area contributed by atoms with Crippen LogP contribution in [0.4, 0.5) is 0 Å². The average Bonchev–Trinajstić information content (AvgIpc) is 2.43. The highest BCUT2D eigenvalue weighted by Crippen LogP contribution is 2.18. The van der Waals surface area contributed by atoms with Gasteiger partial charge in [0.25, 0.3) is 0 Å². The second-order valence-corrected chi connectivity index (χ2v) is 6.00. The minimum atomic E-state index is -0.798. The van der Waals surface area contributed by atoms with Crippen molar-refractivity contribution in [3.63, 3.8) is 0 Å². The maximum absolute atomic E-state index is 11.9. The van der Waals surface area contributed by atoms with Gasteiger partial charge in [0.15, 0.2) is 0 Å². The van der Waals surface area contributed by atoms with Crippen molar-refractivity contribution >= 4 is 18.3 Å². The summed E-state index contributed by atoms with van der Waals surface area (Å²) in [5.41, 5.74) is 6.44. The molecule has 0 radical (unpaired) electrons. The van der Waals surface area contributed by atoms with Crippen LogP contribution in [0.2, 0.25) is 0 Å². The number of nitrogens with one attached hydrogen (secondary N) is 1. The van der Waals surface area contributed by atoms with Crippen LogP contribution in [0.5, 0.6) is 5.75 Å². The van der Waals surface area contributed by atoms with Gasteiger partial charge in [0, 0.05) is 0 Å². The molecule has 0 saturated carbocycles. The minimum Gasteiger partial charge on any atom is -0.492 e. The van der Waals surface area contributed by atoms with Crippen molar-refractivity contribution in [2.45, 2.75) is 52.0 Å². The van der Waals surface area contributed by atoms with Crippen LogP contribution < -0.4 is 15.8 Å². The third-order valence-electron chi connectivity index (χ3n) is 3.49. The van der Waals surface area contributed by atoms with Crippen molar-refractivity contribution in [1.82, 2.24) is 5.32 Å². The van der Waals surface area contributed by atoms with Gasteiger partial charge in [-0.25, -0.2) is 0 Å². The summed E-state index contributed by atoms with van der Waals surface area (Å²) in [6.45, 7) is 8.99. The number of carbonyl (C=O) groups is 1. The number of hydrogen-bond acceptors (Lipinski definition) is 3. The largest absolute Gasteiger partial charge is 0.492 e. The van der Waals surface area contributed by atoms with Gasteiger partial charge in [-0.05, 0) is 37.0 Å². The molecule has 0 aliphatic carbocycles. The Labute approximate surface area is 140 Å². The van der Waals surface area contributed by atoms with Gasteiger partial charge in [-0.15, -0.1) is 12.4 Å². The lowest BCUT2D eigenvalue weighted by Gasteiger charge is -2.22. The number of hydrogen-bond donors (Lipinski definition) is 2. The maximum Gasteiger partial charge on any atom is 0.239 e. The topological polar surface area (TPSA) is 64.4 Å². The second kappa shape index (κ2) is 9.70. The Morgan fingerprint density at radius 1 is 1.32 bits per heavy atom. The van der Waals surface area contributed by atoms with Gasteiger partial charge in [0.1, 0.15) is 12.4 Å². The van der Waals surface area contributed by atoms with Crippen molar-refractivity contribution in [3.8, 4) is 5.75 Å². The highest BCUT2D eigenvalue weighted by Gasteiger charge is 2.26. The zero-order valence-electron chi connectivity index (χ0n) is 14.0. The summed E-state index contributed by atoms with van der Waals surface area (Å²) in [5, 5.41) is 2.82. The monoisotopic (exact) mass is 328 g/mol. The van der Waals surface area contributed by atoms with Gasteiger partial charge in [0.2, 0.25) is 5.91 Å². The molecule has 3 N–H and O–H groups in total. The zero-order valence-corrected chi connectivity index (χ0v) is 14.8. The molecule has 0 fully saturated rings. The van der Waals surface area contributed by atoms with E-state index in [9.17, 15) is 4.79 Å². The third-order valence-corrected chi connectivity index (χ3v) is 3.49. The average molecular weight is 329 g/mol. The van der Waals surface area contributed by atoms with Crippen LogP contribution >= 0.6 is 12.4 Å². The molecule has 0 saturated heterocycles. The van der Waals surface area contributed by atoms with Gasteiger partial charge in [0.05, 0.1) is 12.1 Å². The standard InChI is InChI=1S/C17H28N2O2.ClH/c1-5-10-17(4,18)16(20)19-11-12-21-15-8-6-14(7-9-15)13(2)3;/h6-9,13H,5,10-12,18H2,1-4H3,(H,19,20);1H. The van der Waals surface area contributed by atoms with Gasteiger partial charge >= 0.3 is 0 Å². The Kier molecular flexibility index (Phi) is 9.14. The lowest BCUT2D eigenvalue weighted by Crippen LogP contribution is -2.52. The molecule has 0 aliphatic rings. The summed E-state index contributed by atoms with van der Waals surface area (Å²) >= 11 is 0. The van der Waals surface area contributed by atoms with Crippen LogP contribution in [0.3, 0.4) is 0 Å². The molecule has 0 heterocycles. The fourth-order valence-electron chi connectivity index (χ4n) is 2.12. The normalized spacial score (nSPS) is 13.2. The van der Waals surface area contributed by atoms with Crippen LogP contribution in [0, 0.1) is 0 Å². The zero-order chi connectivity index (χ0) is 15.9. The van der Waals surface area contributed by atoms with Crippen molar-refractivity contribution in [2.24, 2.45) is 5.73 Å². The van der Waals surface area contributed by atoms with E-state index in [-0.39, 0.29) is 18.3 Å². The van der Waals surface area contributed by atoms with E-state index >= 15 is 0 Å². The van der Waals surface area contributed by atoms with Crippen LogP contribution in [-0.2, 0) is 4.79 Å². The first-order chi connectivity index (χ1) is 9.86. The number of ether oxygens (including phenoxy) is 1. The van der Waals surface area contributed by atoms with Crippen LogP contribution in [0.25, 0.3) is 0 Å². The Balaban J connectivity index is 0.00000441. The minimum absolute atomic E-state index is 0. The molecule has 1 unspecified atom stereocenters. The summed E-state index contributed by atoms with van der Waals surface area (Å²) in [5.74, 6) is 1.21. The van der Waals surface area contributed by atoms with Crippen molar-refractivity contribution in [2.75, 3.05) is 13.2 Å². The van der Waals surface area contributed by atoms with E-state index in [1.807, 2.05) is 19.1 Å². The van der Waals surface area contributed by atoms with Gasteiger partial charge in [-0.2, -0.15) is 0 Å². The highest BCUT2D eigenvalue weighted by molar-refractivity contribution is 5.85. The van der Waals surface area contributed by atoms with E-state index in [2.05, 4.69) is 31.3 Å². The smallest absolute Gasteiger partial charge is 0.239 e. The van der Waals surface area contributed by atoms with E-state index in [0.717, 1.165) is 12.2 Å². The molecule has 5 heteroatoms. The Hall–Kier alpha value is -1.26. The first kappa shape index (κ1) is 20.7. The number of benzene rings is 1. The Bertz CT molecular complexity index is 444. The Morgan fingerprint density at radius 3 is 2.41 bits per heavy atom. The van der Waals surface area contributed by atoms with E-state index in [4.69, 9.17) is 10.5 Å². The quantitative estimate of drug-likeness (QED) is 0.720. The van der Waals surface area contributed by atoms with Crippen LogP contribution in [-0.4, -0.2) is 24.6 Å². The summed E-state index contributed by atoms with van der Waals surface area (Å²) in [4.78, 5) is 11.9. The number of halogens is 1. The molecule has 1 rings (SSSR count). The summed E-state index contributed by atoms with van der Waals surface area (Å²) < 4.78 is 5.61.